The number of imidazole rings is 1. The first kappa shape index (κ1) is 23.1. The summed E-state index contributed by atoms with van der Waals surface area (Å²) in [6.07, 6.45) is 3.63. The molecule has 1 saturated heterocycles. The van der Waals surface area contributed by atoms with Crippen LogP contribution in [-0.2, 0) is 23.0 Å². The van der Waals surface area contributed by atoms with E-state index in [-0.39, 0.29) is 11.5 Å². The van der Waals surface area contributed by atoms with Crippen LogP contribution in [-0.4, -0.2) is 47.3 Å². The number of halogens is 1. The summed E-state index contributed by atoms with van der Waals surface area (Å²) in [6.45, 7) is 12.2. The molecule has 0 amide bonds. The molecule has 176 valence electrons. The van der Waals surface area contributed by atoms with Crippen molar-refractivity contribution < 1.29 is 4.74 Å². The van der Waals surface area contributed by atoms with Gasteiger partial charge in [-0.3, -0.25) is 0 Å². The first-order valence-electron chi connectivity index (χ1n) is 12.2. The molecule has 1 aromatic heterocycles. The van der Waals surface area contributed by atoms with Gasteiger partial charge in [0, 0.05) is 36.6 Å². The molecule has 0 saturated carbocycles. The number of hydrogen-bond acceptors (Lipinski definition) is 3. The lowest BCUT2D eigenvalue weighted by atomic mass is 9.93. The summed E-state index contributed by atoms with van der Waals surface area (Å²) in [7, 11) is 1.88. The number of hydrogen-bond donors (Lipinski definition) is 0. The van der Waals surface area contributed by atoms with Gasteiger partial charge in [0.25, 0.3) is 0 Å². The van der Waals surface area contributed by atoms with Crippen LogP contribution in [0.1, 0.15) is 55.7 Å². The van der Waals surface area contributed by atoms with Gasteiger partial charge in [-0.1, -0.05) is 48.8 Å². The zero-order valence-electron chi connectivity index (χ0n) is 20.6. The fourth-order valence-corrected chi connectivity index (χ4v) is 6.32. The van der Waals surface area contributed by atoms with Gasteiger partial charge in [0.1, 0.15) is 5.82 Å². The predicted octanol–water partition coefficient (Wildman–Crippen LogP) is 6.08. The van der Waals surface area contributed by atoms with Crippen molar-refractivity contribution in [2.24, 2.45) is 5.92 Å². The molecule has 1 aliphatic heterocycles. The van der Waals surface area contributed by atoms with Crippen LogP contribution in [0.4, 0.5) is 0 Å². The third kappa shape index (κ3) is 4.52. The van der Waals surface area contributed by atoms with E-state index < -0.39 is 0 Å². The van der Waals surface area contributed by atoms with Crippen LogP contribution in [0.3, 0.4) is 0 Å². The molecule has 1 fully saturated rings. The molecule has 1 unspecified atom stereocenters. The van der Waals surface area contributed by atoms with Crippen molar-refractivity contribution in [3.05, 3.63) is 63.4 Å². The SMILES string of the molecule is CO[C@@H]1CN(CC2Cc3ccc(Br)cc3C2)CC[C@H]1n1c(C(C)(C)C)nc2cc(C)ccc21. The van der Waals surface area contributed by atoms with Gasteiger partial charge < -0.3 is 14.2 Å². The molecule has 5 rings (SSSR count). The van der Waals surface area contributed by atoms with Gasteiger partial charge >= 0.3 is 0 Å². The smallest absolute Gasteiger partial charge is 0.115 e. The molecular weight excluding hydrogens is 474 g/mol. The number of aryl methyl sites for hydroxylation is 1. The molecule has 2 aromatic carbocycles. The summed E-state index contributed by atoms with van der Waals surface area (Å²) in [4.78, 5) is 7.75. The fraction of sp³-hybridized carbons (Fsp3) is 0.536. The Morgan fingerprint density at radius 2 is 1.88 bits per heavy atom. The number of ether oxygens (including phenoxy) is 1. The minimum absolute atomic E-state index is 0.0216. The van der Waals surface area contributed by atoms with E-state index in [1.165, 1.54) is 45.3 Å². The summed E-state index contributed by atoms with van der Waals surface area (Å²) in [5.74, 6) is 1.87. The number of nitrogens with zero attached hydrogens (tertiary/aromatic N) is 3. The zero-order chi connectivity index (χ0) is 23.3. The minimum atomic E-state index is -0.0216. The van der Waals surface area contributed by atoms with E-state index in [1.54, 1.807) is 0 Å². The van der Waals surface area contributed by atoms with E-state index in [0.29, 0.717) is 12.0 Å². The molecular formula is C28H36BrN3O. The molecule has 3 aromatic rings. The quantitative estimate of drug-likeness (QED) is 0.426. The summed E-state index contributed by atoms with van der Waals surface area (Å²) in [5, 5.41) is 0. The van der Waals surface area contributed by atoms with Crippen LogP contribution in [0, 0.1) is 12.8 Å². The second-order valence-corrected chi connectivity index (χ2v) is 12.0. The topological polar surface area (TPSA) is 30.3 Å². The number of rotatable bonds is 4. The van der Waals surface area contributed by atoms with E-state index in [9.17, 15) is 0 Å². The summed E-state index contributed by atoms with van der Waals surface area (Å²) in [6, 6.07) is 13.8. The molecule has 0 N–H and O–H groups in total. The normalized spacial score (nSPS) is 23.9. The first-order valence-corrected chi connectivity index (χ1v) is 13.0. The van der Waals surface area contributed by atoms with E-state index in [0.717, 1.165) is 31.6 Å². The lowest BCUT2D eigenvalue weighted by Crippen LogP contribution is -2.47. The Morgan fingerprint density at radius 1 is 1.09 bits per heavy atom. The molecule has 5 heteroatoms. The van der Waals surface area contributed by atoms with Crippen LogP contribution in [0.25, 0.3) is 11.0 Å². The third-order valence-electron chi connectivity index (χ3n) is 7.46. The van der Waals surface area contributed by atoms with Crippen molar-refractivity contribution >= 4 is 27.0 Å². The maximum Gasteiger partial charge on any atom is 0.115 e. The molecule has 0 bridgehead atoms. The van der Waals surface area contributed by atoms with Crippen molar-refractivity contribution in [1.29, 1.82) is 0 Å². The molecule has 2 aliphatic rings. The van der Waals surface area contributed by atoms with Crippen molar-refractivity contribution in [1.82, 2.24) is 14.5 Å². The van der Waals surface area contributed by atoms with Gasteiger partial charge in [0.2, 0.25) is 0 Å². The number of methoxy groups -OCH3 is 1. The molecule has 3 atom stereocenters. The highest BCUT2D eigenvalue weighted by molar-refractivity contribution is 9.10. The van der Waals surface area contributed by atoms with Gasteiger partial charge in [-0.2, -0.15) is 0 Å². The third-order valence-corrected chi connectivity index (χ3v) is 7.95. The van der Waals surface area contributed by atoms with Gasteiger partial charge in [-0.25, -0.2) is 4.98 Å². The van der Waals surface area contributed by atoms with Crippen LogP contribution in [0.2, 0.25) is 0 Å². The molecule has 2 heterocycles. The molecule has 0 radical (unpaired) electrons. The van der Waals surface area contributed by atoms with Crippen molar-refractivity contribution in [3.63, 3.8) is 0 Å². The first-order chi connectivity index (χ1) is 15.7. The Hall–Kier alpha value is -1.69. The highest BCUT2D eigenvalue weighted by atomic mass is 79.9. The lowest BCUT2D eigenvalue weighted by Gasteiger charge is -2.41. The van der Waals surface area contributed by atoms with E-state index in [4.69, 9.17) is 9.72 Å². The molecule has 33 heavy (non-hydrogen) atoms. The maximum atomic E-state index is 6.14. The highest BCUT2D eigenvalue weighted by Crippen LogP contribution is 2.36. The minimum Gasteiger partial charge on any atom is -0.378 e. The van der Waals surface area contributed by atoms with E-state index in [1.807, 2.05) is 7.11 Å². The number of piperidine rings is 1. The average Bonchev–Trinajstić information content (AvgIpc) is 3.33. The Morgan fingerprint density at radius 3 is 2.64 bits per heavy atom. The van der Waals surface area contributed by atoms with Crippen LogP contribution >= 0.6 is 15.9 Å². The summed E-state index contributed by atoms with van der Waals surface area (Å²) < 4.78 is 9.84. The second kappa shape index (κ2) is 8.83. The van der Waals surface area contributed by atoms with E-state index in [2.05, 4.69) is 89.5 Å². The number of aromatic nitrogens is 2. The van der Waals surface area contributed by atoms with Gasteiger partial charge in [-0.15, -0.1) is 0 Å². The zero-order valence-corrected chi connectivity index (χ0v) is 22.2. The number of fused-ring (bicyclic) bond motifs is 2. The van der Waals surface area contributed by atoms with Gasteiger partial charge in [-0.05, 0) is 73.1 Å². The van der Waals surface area contributed by atoms with Crippen molar-refractivity contribution in [3.8, 4) is 0 Å². The molecule has 4 nitrogen and oxygen atoms in total. The lowest BCUT2D eigenvalue weighted by molar-refractivity contribution is -0.0101. The maximum absolute atomic E-state index is 6.14. The van der Waals surface area contributed by atoms with Crippen molar-refractivity contribution in [2.45, 2.75) is 64.5 Å². The Labute approximate surface area is 206 Å². The molecule has 0 spiro atoms. The summed E-state index contributed by atoms with van der Waals surface area (Å²) >= 11 is 3.63. The van der Waals surface area contributed by atoms with Crippen LogP contribution in [0.5, 0.6) is 0 Å². The van der Waals surface area contributed by atoms with Crippen molar-refractivity contribution in [2.75, 3.05) is 26.7 Å². The number of likely N-dealkylation sites (tertiary alicyclic amines) is 1. The Bertz CT molecular complexity index is 1160. The van der Waals surface area contributed by atoms with Gasteiger partial charge in [0.15, 0.2) is 0 Å². The largest absolute Gasteiger partial charge is 0.378 e. The van der Waals surface area contributed by atoms with Crippen LogP contribution < -0.4 is 0 Å². The van der Waals surface area contributed by atoms with Gasteiger partial charge in [0.05, 0.1) is 23.2 Å². The monoisotopic (exact) mass is 509 g/mol. The molecule has 1 aliphatic carbocycles. The highest BCUT2D eigenvalue weighted by Gasteiger charge is 2.36. The average molecular weight is 511 g/mol. The second-order valence-electron chi connectivity index (χ2n) is 11.1. The summed E-state index contributed by atoms with van der Waals surface area (Å²) in [5.41, 5.74) is 6.62. The van der Waals surface area contributed by atoms with E-state index >= 15 is 0 Å². The Balaban J connectivity index is 1.36. The van der Waals surface area contributed by atoms with Crippen LogP contribution in [0.15, 0.2) is 40.9 Å². The standard InChI is InChI=1S/C28H36BrN3O/c1-18-6-9-24-23(12-18)30-27(28(2,3)4)32(24)25-10-11-31(17-26(25)33-5)16-19-13-20-7-8-22(29)15-21(20)14-19/h6-9,12,15,19,25-26H,10-11,13-14,16-17H2,1-5H3/t19?,25-,26-/m1/s1. The number of benzene rings is 2. The predicted molar refractivity (Wildman–Crippen MR) is 139 cm³/mol. The Kier molecular flexibility index (Phi) is 6.17. The fourth-order valence-electron chi connectivity index (χ4n) is 5.91.